The van der Waals surface area contributed by atoms with Gasteiger partial charge in [-0.25, -0.2) is 4.39 Å². The number of quaternary nitrogens is 1. The number of rotatable bonds is 10. The number of hydrogen-bond acceptors (Lipinski definition) is 3. The Morgan fingerprint density at radius 2 is 1.69 bits per heavy atom. The van der Waals surface area contributed by atoms with Crippen molar-refractivity contribution < 1.29 is 18.9 Å². The van der Waals surface area contributed by atoms with Crippen LogP contribution in [0, 0.1) is 5.82 Å². The monoisotopic (exact) mass is 418 g/mol. The van der Waals surface area contributed by atoms with Gasteiger partial charge in [0.15, 0.2) is 6.54 Å². The molecule has 2 N–H and O–H groups in total. The van der Waals surface area contributed by atoms with E-state index in [9.17, 15) is 14.0 Å². The largest absolute Gasteiger partial charge is 0.350 e. The molecule has 0 heterocycles. The fraction of sp³-hybridized carbons (Fsp3) is 0.364. The van der Waals surface area contributed by atoms with Crippen LogP contribution < -0.4 is 10.2 Å². The number of carbonyl (C=O) groups excluding carboxylic acids is 2. The minimum atomic E-state index is -0.311. The molecular weight excluding hydrogens is 389 g/mol. The summed E-state index contributed by atoms with van der Waals surface area (Å²) < 4.78 is 12.9. The van der Waals surface area contributed by atoms with Gasteiger partial charge in [0.05, 0.1) is 13.6 Å². The molecule has 2 rings (SSSR count). The van der Waals surface area contributed by atoms with E-state index >= 15 is 0 Å². The van der Waals surface area contributed by atoms with Crippen LogP contribution in [-0.4, -0.2) is 49.7 Å². The van der Waals surface area contributed by atoms with Gasteiger partial charge < -0.3 is 15.1 Å². The van der Waals surface area contributed by atoms with E-state index in [1.807, 2.05) is 20.2 Å². The maximum absolute atomic E-state index is 12.9. The van der Waals surface area contributed by atoms with Gasteiger partial charge in [-0.15, -0.1) is 11.8 Å². The summed E-state index contributed by atoms with van der Waals surface area (Å²) in [5.74, 6) is -0.591. The molecule has 0 aliphatic rings. The number of likely N-dealkylation sites (N-methyl/N-ethyl adjacent to an activating group) is 2. The van der Waals surface area contributed by atoms with Crippen molar-refractivity contribution in [3.63, 3.8) is 0 Å². The van der Waals surface area contributed by atoms with Gasteiger partial charge in [-0.2, -0.15) is 0 Å². The third-order valence-electron chi connectivity index (χ3n) is 4.59. The highest BCUT2D eigenvalue weighted by Gasteiger charge is 2.19. The van der Waals surface area contributed by atoms with E-state index in [1.54, 1.807) is 28.8 Å². The van der Waals surface area contributed by atoms with Gasteiger partial charge in [0, 0.05) is 23.5 Å². The summed E-state index contributed by atoms with van der Waals surface area (Å²) in [5.41, 5.74) is 1.99. The van der Waals surface area contributed by atoms with Crippen LogP contribution in [0.15, 0.2) is 53.4 Å². The lowest BCUT2D eigenvalue weighted by Gasteiger charge is -2.22. The first kappa shape index (κ1) is 22.9. The van der Waals surface area contributed by atoms with E-state index in [2.05, 4.69) is 29.6 Å². The normalized spacial score (nSPS) is 11.7. The van der Waals surface area contributed by atoms with E-state index in [4.69, 9.17) is 0 Å². The van der Waals surface area contributed by atoms with Crippen molar-refractivity contribution in [2.45, 2.75) is 24.9 Å². The van der Waals surface area contributed by atoms with Crippen molar-refractivity contribution in [3.05, 3.63) is 65.5 Å². The molecule has 0 saturated heterocycles. The maximum atomic E-state index is 12.9. The van der Waals surface area contributed by atoms with Crippen LogP contribution in [0.4, 0.5) is 4.39 Å². The number of hydrogen-bond donors (Lipinski definition) is 2. The van der Waals surface area contributed by atoms with Gasteiger partial charge in [0.2, 0.25) is 5.91 Å². The lowest BCUT2D eigenvalue weighted by molar-refractivity contribution is -0.885. The standard InChI is InChI=1S/C22H28FN3O2S/c1-4-26(15-21(27)24-13-17-5-9-19(23)10-6-17)22(28)16-25(2)14-18-7-11-20(29-3)12-8-18/h5-12H,4,13-16H2,1-3H3,(H,24,27)/p+1. The van der Waals surface area contributed by atoms with Crippen molar-refractivity contribution in [2.24, 2.45) is 0 Å². The quantitative estimate of drug-likeness (QED) is 0.578. The molecule has 0 spiro atoms. The highest BCUT2D eigenvalue weighted by molar-refractivity contribution is 7.98. The zero-order chi connectivity index (χ0) is 21.2. The Bertz CT molecular complexity index is 797. The average Bonchev–Trinajstić information content (AvgIpc) is 2.72. The third kappa shape index (κ3) is 7.87. The molecule has 1 unspecified atom stereocenters. The number of benzene rings is 2. The Morgan fingerprint density at radius 1 is 1.07 bits per heavy atom. The minimum Gasteiger partial charge on any atom is -0.350 e. The van der Waals surface area contributed by atoms with Crippen LogP contribution in [0.5, 0.6) is 0 Å². The Kier molecular flexibility index (Phi) is 9.15. The fourth-order valence-electron chi connectivity index (χ4n) is 2.93. The summed E-state index contributed by atoms with van der Waals surface area (Å²) in [6, 6.07) is 14.3. The summed E-state index contributed by atoms with van der Waals surface area (Å²) in [4.78, 5) is 28.6. The first-order valence-corrected chi connectivity index (χ1v) is 10.9. The van der Waals surface area contributed by atoms with Crippen molar-refractivity contribution in [1.29, 1.82) is 0 Å². The highest BCUT2D eigenvalue weighted by Crippen LogP contribution is 2.14. The predicted octanol–water partition coefficient (Wildman–Crippen LogP) is 1.73. The predicted molar refractivity (Wildman–Crippen MR) is 114 cm³/mol. The lowest BCUT2D eigenvalue weighted by Crippen LogP contribution is -3.08. The lowest BCUT2D eigenvalue weighted by atomic mass is 10.2. The maximum Gasteiger partial charge on any atom is 0.278 e. The van der Waals surface area contributed by atoms with Gasteiger partial charge in [-0.1, -0.05) is 24.3 Å². The fourth-order valence-corrected chi connectivity index (χ4v) is 3.34. The van der Waals surface area contributed by atoms with Gasteiger partial charge in [-0.3, -0.25) is 9.59 Å². The summed E-state index contributed by atoms with van der Waals surface area (Å²) in [5, 5.41) is 2.78. The second kappa shape index (κ2) is 11.6. The number of thioether (sulfide) groups is 1. The van der Waals surface area contributed by atoms with E-state index in [0.717, 1.165) is 17.0 Å². The number of amides is 2. The zero-order valence-electron chi connectivity index (χ0n) is 17.2. The first-order valence-electron chi connectivity index (χ1n) is 9.64. The second-order valence-electron chi connectivity index (χ2n) is 6.97. The van der Waals surface area contributed by atoms with Crippen molar-refractivity contribution >= 4 is 23.6 Å². The third-order valence-corrected chi connectivity index (χ3v) is 5.33. The molecule has 2 aromatic rings. The molecule has 5 nitrogen and oxygen atoms in total. The summed E-state index contributed by atoms with van der Waals surface area (Å²) in [6.45, 7) is 3.73. The van der Waals surface area contributed by atoms with Crippen LogP contribution in [0.25, 0.3) is 0 Å². The smallest absolute Gasteiger partial charge is 0.278 e. The molecule has 7 heteroatoms. The molecule has 29 heavy (non-hydrogen) atoms. The molecule has 2 amide bonds. The van der Waals surface area contributed by atoms with Gasteiger partial charge in [-0.05, 0) is 43.0 Å². The molecule has 2 aromatic carbocycles. The molecule has 0 bridgehead atoms. The Hall–Kier alpha value is -2.38. The van der Waals surface area contributed by atoms with Crippen LogP contribution >= 0.6 is 11.8 Å². The SMILES string of the molecule is CCN(CC(=O)NCc1ccc(F)cc1)C(=O)C[NH+](C)Cc1ccc(SC)cc1. The van der Waals surface area contributed by atoms with Crippen LogP contribution in [0.2, 0.25) is 0 Å². The van der Waals surface area contributed by atoms with E-state index < -0.39 is 0 Å². The van der Waals surface area contributed by atoms with Gasteiger partial charge in [0.25, 0.3) is 5.91 Å². The molecular formula is C22H29FN3O2S+. The van der Waals surface area contributed by atoms with Crippen molar-refractivity contribution in [3.8, 4) is 0 Å². The summed E-state index contributed by atoms with van der Waals surface area (Å²) in [7, 11) is 1.98. The van der Waals surface area contributed by atoms with Crippen LogP contribution in [0.3, 0.4) is 0 Å². The Labute approximate surface area is 176 Å². The summed E-state index contributed by atoms with van der Waals surface area (Å²) in [6.07, 6.45) is 2.04. The Morgan fingerprint density at radius 3 is 2.28 bits per heavy atom. The first-order chi connectivity index (χ1) is 13.9. The highest BCUT2D eigenvalue weighted by atomic mass is 32.2. The molecule has 1 atom stereocenters. The molecule has 0 aliphatic carbocycles. The zero-order valence-corrected chi connectivity index (χ0v) is 18.0. The van der Waals surface area contributed by atoms with Crippen LogP contribution in [0.1, 0.15) is 18.1 Å². The number of nitrogens with zero attached hydrogens (tertiary/aromatic N) is 1. The number of nitrogens with one attached hydrogen (secondary N) is 2. The molecule has 0 radical (unpaired) electrons. The molecule has 156 valence electrons. The average molecular weight is 419 g/mol. The second-order valence-corrected chi connectivity index (χ2v) is 7.85. The summed E-state index contributed by atoms with van der Waals surface area (Å²) >= 11 is 1.70. The van der Waals surface area contributed by atoms with Gasteiger partial charge in [0.1, 0.15) is 12.4 Å². The molecule has 0 saturated carbocycles. The molecule has 0 aromatic heterocycles. The van der Waals surface area contributed by atoms with E-state index in [-0.39, 0.29) is 24.2 Å². The van der Waals surface area contributed by atoms with E-state index in [1.165, 1.54) is 22.6 Å². The van der Waals surface area contributed by atoms with Gasteiger partial charge >= 0.3 is 0 Å². The molecule has 0 fully saturated rings. The minimum absolute atomic E-state index is 0.0201. The topological polar surface area (TPSA) is 53.9 Å². The van der Waals surface area contributed by atoms with Crippen molar-refractivity contribution in [2.75, 3.05) is 32.9 Å². The van der Waals surface area contributed by atoms with Crippen molar-refractivity contribution in [1.82, 2.24) is 10.2 Å². The number of carbonyl (C=O) groups is 2. The number of halogens is 1. The Balaban J connectivity index is 1.80. The van der Waals surface area contributed by atoms with Crippen LogP contribution in [-0.2, 0) is 22.7 Å². The molecule has 0 aliphatic heterocycles. The van der Waals surface area contributed by atoms with E-state index in [0.29, 0.717) is 19.6 Å².